The van der Waals surface area contributed by atoms with Crippen LogP contribution in [0.1, 0.15) is 25.5 Å². The van der Waals surface area contributed by atoms with Gasteiger partial charge < -0.3 is 5.32 Å². The summed E-state index contributed by atoms with van der Waals surface area (Å²) in [6.07, 6.45) is 3.58. The number of nitrogens with one attached hydrogen (secondary N) is 1. The summed E-state index contributed by atoms with van der Waals surface area (Å²) in [5.41, 5.74) is 1.11. The fraction of sp³-hybridized carbons (Fsp3) is 0.333. The summed E-state index contributed by atoms with van der Waals surface area (Å²) < 4.78 is 1.78. The molecule has 0 radical (unpaired) electrons. The largest absolute Gasteiger partial charge is 0.349 e. The molecule has 1 N–H and O–H groups in total. The van der Waals surface area contributed by atoms with E-state index in [1.807, 2.05) is 56.4 Å². The molecule has 0 bridgehead atoms. The normalized spacial score (nSPS) is 13.8. The third-order valence-electron chi connectivity index (χ3n) is 3.13. The van der Waals surface area contributed by atoms with Gasteiger partial charge in [-0.2, -0.15) is 5.10 Å². The molecule has 0 spiro atoms. The van der Waals surface area contributed by atoms with E-state index in [0.717, 1.165) is 5.56 Å². The first-order valence-electron chi connectivity index (χ1n) is 6.49. The molecule has 0 aliphatic heterocycles. The van der Waals surface area contributed by atoms with Gasteiger partial charge in [-0.15, -0.1) is 0 Å². The first-order chi connectivity index (χ1) is 9.16. The molecule has 2 rings (SSSR count). The van der Waals surface area contributed by atoms with Gasteiger partial charge in [-0.3, -0.25) is 9.48 Å². The Hall–Kier alpha value is -2.10. The number of hydrogen-bond acceptors (Lipinski definition) is 2. The second kappa shape index (κ2) is 6.18. The summed E-state index contributed by atoms with van der Waals surface area (Å²) in [6, 6.07) is 11.8. The van der Waals surface area contributed by atoms with Crippen LogP contribution in [0.4, 0.5) is 0 Å². The first-order valence-corrected chi connectivity index (χ1v) is 6.49. The average Bonchev–Trinajstić information content (AvgIpc) is 2.92. The molecule has 0 fully saturated rings. The summed E-state index contributed by atoms with van der Waals surface area (Å²) in [5.74, 6) is -0.0575. The van der Waals surface area contributed by atoms with Crippen LogP contribution in [0.5, 0.6) is 0 Å². The lowest BCUT2D eigenvalue weighted by Gasteiger charge is -2.18. The first kappa shape index (κ1) is 13.3. The molecule has 100 valence electrons. The van der Waals surface area contributed by atoms with E-state index in [0.29, 0.717) is 6.54 Å². The van der Waals surface area contributed by atoms with E-state index in [1.54, 1.807) is 10.9 Å². The van der Waals surface area contributed by atoms with E-state index in [4.69, 9.17) is 0 Å². The minimum Gasteiger partial charge on any atom is -0.349 e. The third-order valence-corrected chi connectivity index (χ3v) is 3.13. The number of rotatable bonds is 5. The maximum absolute atomic E-state index is 12.1. The van der Waals surface area contributed by atoms with Gasteiger partial charge in [0.05, 0.1) is 18.5 Å². The van der Waals surface area contributed by atoms with E-state index >= 15 is 0 Å². The predicted molar refractivity (Wildman–Crippen MR) is 74.4 cm³/mol. The monoisotopic (exact) mass is 257 g/mol. The minimum atomic E-state index is -0.105. The highest BCUT2D eigenvalue weighted by Crippen LogP contribution is 2.12. The van der Waals surface area contributed by atoms with Crippen molar-refractivity contribution in [2.45, 2.75) is 26.4 Å². The van der Waals surface area contributed by atoms with Crippen molar-refractivity contribution in [1.29, 1.82) is 0 Å². The van der Waals surface area contributed by atoms with Crippen LogP contribution in [0.3, 0.4) is 0 Å². The molecule has 0 aliphatic rings. The van der Waals surface area contributed by atoms with Crippen LogP contribution in [-0.2, 0) is 11.3 Å². The zero-order valence-corrected chi connectivity index (χ0v) is 11.3. The van der Waals surface area contributed by atoms with E-state index in [2.05, 4.69) is 10.4 Å². The zero-order chi connectivity index (χ0) is 13.7. The molecule has 1 heterocycles. The molecule has 19 heavy (non-hydrogen) atoms. The molecular formula is C15H19N3O. The van der Waals surface area contributed by atoms with Crippen molar-refractivity contribution in [2.75, 3.05) is 0 Å². The van der Waals surface area contributed by atoms with Crippen molar-refractivity contribution in [3.63, 3.8) is 0 Å². The van der Waals surface area contributed by atoms with Crippen LogP contribution in [-0.4, -0.2) is 15.7 Å². The smallest absolute Gasteiger partial charge is 0.225 e. The van der Waals surface area contributed by atoms with E-state index in [9.17, 15) is 4.79 Å². The Morgan fingerprint density at radius 3 is 2.63 bits per heavy atom. The van der Waals surface area contributed by atoms with Gasteiger partial charge >= 0.3 is 0 Å². The molecule has 1 aromatic heterocycles. The molecule has 2 aromatic rings. The number of carbonyl (C=O) groups is 1. The van der Waals surface area contributed by atoms with Gasteiger partial charge in [-0.05, 0) is 18.6 Å². The molecular weight excluding hydrogens is 238 g/mol. The molecule has 0 saturated carbocycles. The SMILES string of the molecule is C[C@@H](Cn1cccn1)C(=O)N[C@H](C)c1ccccc1. The molecule has 0 aliphatic carbocycles. The summed E-state index contributed by atoms with van der Waals surface area (Å²) in [6.45, 7) is 4.50. The van der Waals surface area contributed by atoms with Crippen molar-refractivity contribution >= 4 is 5.91 Å². The maximum atomic E-state index is 12.1. The van der Waals surface area contributed by atoms with E-state index < -0.39 is 0 Å². The average molecular weight is 257 g/mol. The molecule has 4 nitrogen and oxygen atoms in total. The predicted octanol–water partition coefficient (Wildman–Crippen LogP) is 2.40. The Labute approximate surface area is 113 Å². The highest BCUT2D eigenvalue weighted by atomic mass is 16.1. The van der Waals surface area contributed by atoms with Crippen LogP contribution in [0, 0.1) is 5.92 Å². The third kappa shape index (κ3) is 3.68. The highest BCUT2D eigenvalue weighted by Gasteiger charge is 2.16. The number of aromatic nitrogens is 2. The van der Waals surface area contributed by atoms with Crippen LogP contribution in [0.2, 0.25) is 0 Å². The lowest BCUT2D eigenvalue weighted by molar-refractivity contribution is -0.125. The van der Waals surface area contributed by atoms with E-state index in [-0.39, 0.29) is 17.9 Å². The van der Waals surface area contributed by atoms with Crippen molar-refractivity contribution in [2.24, 2.45) is 5.92 Å². The van der Waals surface area contributed by atoms with Gasteiger partial charge in [-0.1, -0.05) is 37.3 Å². The van der Waals surface area contributed by atoms with Crippen LogP contribution < -0.4 is 5.32 Å². The Bertz CT molecular complexity index is 507. The quantitative estimate of drug-likeness (QED) is 0.894. The highest BCUT2D eigenvalue weighted by molar-refractivity contribution is 5.78. The summed E-state index contributed by atoms with van der Waals surface area (Å²) in [7, 11) is 0. The maximum Gasteiger partial charge on any atom is 0.225 e. The number of hydrogen-bond donors (Lipinski definition) is 1. The van der Waals surface area contributed by atoms with Gasteiger partial charge in [0.1, 0.15) is 0 Å². The van der Waals surface area contributed by atoms with Gasteiger partial charge in [-0.25, -0.2) is 0 Å². The van der Waals surface area contributed by atoms with Crippen LogP contribution >= 0.6 is 0 Å². The summed E-state index contributed by atoms with van der Waals surface area (Å²) in [4.78, 5) is 12.1. The Morgan fingerprint density at radius 2 is 2.00 bits per heavy atom. The Kier molecular flexibility index (Phi) is 4.34. The molecule has 0 unspecified atom stereocenters. The lowest BCUT2D eigenvalue weighted by atomic mass is 10.1. The van der Waals surface area contributed by atoms with Gasteiger partial charge in [0, 0.05) is 12.4 Å². The van der Waals surface area contributed by atoms with Crippen LogP contribution in [0.15, 0.2) is 48.8 Å². The van der Waals surface area contributed by atoms with Crippen molar-refractivity contribution in [1.82, 2.24) is 15.1 Å². The lowest BCUT2D eigenvalue weighted by Crippen LogP contribution is -2.33. The molecule has 1 aromatic carbocycles. The second-order valence-electron chi connectivity index (χ2n) is 4.77. The number of carbonyl (C=O) groups excluding carboxylic acids is 1. The minimum absolute atomic E-state index is 0.0220. The van der Waals surface area contributed by atoms with Gasteiger partial charge in [0.25, 0.3) is 0 Å². The second-order valence-corrected chi connectivity index (χ2v) is 4.77. The number of nitrogens with zero attached hydrogens (tertiary/aromatic N) is 2. The summed E-state index contributed by atoms with van der Waals surface area (Å²) >= 11 is 0. The Morgan fingerprint density at radius 1 is 1.26 bits per heavy atom. The van der Waals surface area contributed by atoms with Gasteiger partial charge in [0.2, 0.25) is 5.91 Å². The molecule has 1 amide bonds. The zero-order valence-electron chi connectivity index (χ0n) is 11.3. The van der Waals surface area contributed by atoms with Crippen LogP contribution in [0.25, 0.3) is 0 Å². The number of amides is 1. The standard InChI is InChI=1S/C15H19N3O/c1-12(11-18-10-6-9-16-18)15(19)17-13(2)14-7-4-3-5-8-14/h3-10,12-13H,11H2,1-2H3,(H,17,19)/t12-,13+/m0/s1. The molecule has 0 saturated heterocycles. The van der Waals surface area contributed by atoms with Crippen molar-refractivity contribution in [3.8, 4) is 0 Å². The summed E-state index contributed by atoms with van der Waals surface area (Å²) in [5, 5.41) is 7.14. The van der Waals surface area contributed by atoms with Crippen molar-refractivity contribution < 1.29 is 4.79 Å². The molecule has 2 atom stereocenters. The Balaban J connectivity index is 1.90. The topological polar surface area (TPSA) is 46.9 Å². The number of benzene rings is 1. The molecule has 4 heteroatoms. The fourth-order valence-electron chi connectivity index (χ4n) is 1.95. The fourth-order valence-corrected chi connectivity index (χ4v) is 1.95. The van der Waals surface area contributed by atoms with E-state index in [1.165, 1.54) is 0 Å². The van der Waals surface area contributed by atoms with Gasteiger partial charge in [0.15, 0.2) is 0 Å². The van der Waals surface area contributed by atoms with Crippen molar-refractivity contribution in [3.05, 3.63) is 54.4 Å².